The third-order valence-corrected chi connectivity index (χ3v) is 5.03. The molecule has 0 unspecified atom stereocenters. The summed E-state index contributed by atoms with van der Waals surface area (Å²) < 4.78 is 0. The Kier molecular flexibility index (Phi) is 4.13. The number of aryl methyl sites for hydroxylation is 2. The molecule has 1 saturated carbocycles. The summed E-state index contributed by atoms with van der Waals surface area (Å²) in [5.74, 6) is 1.07. The van der Waals surface area contributed by atoms with Crippen molar-refractivity contribution in [1.82, 2.24) is 4.98 Å². The molecule has 2 aliphatic carbocycles. The molecule has 3 rings (SSSR count). The molecule has 1 fully saturated rings. The molecular formula is C17H26N4. The Balaban J connectivity index is 1.93. The van der Waals surface area contributed by atoms with Crippen LogP contribution >= 0.6 is 0 Å². The lowest BCUT2D eigenvalue weighted by molar-refractivity contribution is 0.548. The number of rotatable bonds is 3. The van der Waals surface area contributed by atoms with Crippen LogP contribution in [0.4, 0.5) is 5.82 Å². The zero-order chi connectivity index (χ0) is 14.8. The highest BCUT2D eigenvalue weighted by Crippen LogP contribution is 2.30. The van der Waals surface area contributed by atoms with Crippen LogP contribution in [0.5, 0.6) is 0 Å². The summed E-state index contributed by atoms with van der Waals surface area (Å²) in [6, 6.07) is 2.65. The van der Waals surface area contributed by atoms with Gasteiger partial charge in [0.15, 0.2) is 0 Å². The maximum absolute atomic E-state index is 7.90. The van der Waals surface area contributed by atoms with Crippen molar-refractivity contribution in [1.29, 1.82) is 5.41 Å². The first-order valence-electron chi connectivity index (χ1n) is 8.27. The van der Waals surface area contributed by atoms with Crippen LogP contribution in [0.1, 0.15) is 61.8 Å². The van der Waals surface area contributed by atoms with Gasteiger partial charge in [-0.25, -0.2) is 4.98 Å². The van der Waals surface area contributed by atoms with Crippen LogP contribution in [0.3, 0.4) is 0 Å². The molecule has 21 heavy (non-hydrogen) atoms. The van der Waals surface area contributed by atoms with Crippen LogP contribution < -0.4 is 10.6 Å². The number of nitrogens with zero attached hydrogens (tertiary/aromatic N) is 2. The topological polar surface area (TPSA) is 66.0 Å². The van der Waals surface area contributed by atoms with E-state index < -0.39 is 0 Å². The molecule has 3 N–H and O–H groups in total. The molecule has 0 atom stereocenters. The van der Waals surface area contributed by atoms with E-state index in [2.05, 4.69) is 18.0 Å². The van der Waals surface area contributed by atoms with E-state index in [4.69, 9.17) is 16.1 Å². The second-order valence-electron chi connectivity index (χ2n) is 6.49. The molecule has 0 bridgehead atoms. The molecular weight excluding hydrogens is 260 g/mol. The number of aromatic nitrogens is 1. The number of pyridine rings is 1. The number of hydrogen-bond donors (Lipinski definition) is 2. The van der Waals surface area contributed by atoms with Gasteiger partial charge in [-0.3, -0.25) is 5.41 Å². The lowest BCUT2D eigenvalue weighted by atomic mass is 10.1. The summed E-state index contributed by atoms with van der Waals surface area (Å²) in [5.41, 5.74) is 9.15. The Bertz CT molecular complexity index is 530. The van der Waals surface area contributed by atoms with Crippen LogP contribution in [0.25, 0.3) is 0 Å². The van der Waals surface area contributed by atoms with Gasteiger partial charge in [0.05, 0.1) is 5.56 Å². The van der Waals surface area contributed by atoms with E-state index >= 15 is 0 Å². The van der Waals surface area contributed by atoms with Gasteiger partial charge < -0.3 is 10.6 Å². The molecule has 0 radical (unpaired) electrons. The fraction of sp³-hybridized carbons (Fsp3) is 0.647. The summed E-state index contributed by atoms with van der Waals surface area (Å²) >= 11 is 0. The predicted octanol–water partition coefficient (Wildman–Crippen LogP) is 3.01. The number of nitrogens with one attached hydrogen (secondary N) is 1. The third kappa shape index (κ3) is 2.89. The Morgan fingerprint density at radius 1 is 1.19 bits per heavy atom. The van der Waals surface area contributed by atoms with Crippen molar-refractivity contribution in [2.45, 2.75) is 63.8 Å². The smallest absolute Gasteiger partial charge is 0.139 e. The van der Waals surface area contributed by atoms with Gasteiger partial charge in [-0.15, -0.1) is 0 Å². The molecule has 4 nitrogen and oxygen atoms in total. The molecule has 0 amide bonds. The van der Waals surface area contributed by atoms with E-state index in [9.17, 15) is 0 Å². The first-order chi connectivity index (χ1) is 10.2. The zero-order valence-electron chi connectivity index (χ0n) is 13.0. The summed E-state index contributed by atoms with van der Waals surface area (Å²) in [6.07, 6.45) is 11.1. The average Bonchev–Trinajstić information content (AvgIpc) is 2.76. The van der Waals surface area contributed by atoms with Gasteiger partial charge in [0.1, 0.15) is 11.7 Å². The standard InChI is InChI=1S/C17H26N4/c1-21(13-8-4-2-3-5-9-13)17-14(16(18)19)11-12-7-6-10-15(12)20-17/h11,13H,2-10H2,1H3,(H3,18,19). The third-order valence-electron chi connectivity index (χ3n) is 5.03. The van der Waals surface area contributed by atoms with Gasteiger partial charge in [0.2, 0.25) is 0 Å². The number of nitrogen functional groups attached to an aromatic ring is 1. The lowest BCUT2D eigenvalue weighted by Crippen LogP contribution is -2.34. The number of nitrogens with two attached hydrogens (primary N) is 1. The summed E-state index contributed by atoms with van der Waals surface area (Å²) in [7, 11) is 2.13. The van der Waals surface area contributed by atoms with Crippen molar-refractivity contribution in [2.75, 3.05) is 11.9 Å². The van der Waals surface area contributed by atoms with Crippen LogP contribution in [-0.4, -0.2) is 23.9 Å². The van der Waals surface area contributed by atoms with E-state index in [1.165, 1.54) is 56.2 Å². The molecule has 4 heteroatoms. The van der Waals surface area contributed by atoms with Crippen LogP contribution in [0, 0.1) is 5.41 Å². The largest absolute Gasteiger partial charge is 0.384 e. The molecule has 114 valence electrons. The first kappa shape index (κ1) is 14.4. The molecule has 0 spiro atoms. The summed E-state index contributed by atoms with van der Waals surface area (Å²) in [6.45, 7) is 0. The monoisotopic (exact) mass is 286 g/mol. The highest BCUT2D eigenvalue weighted by atomic mass is 15.2. The number of fused-ring (bicyclic) bond motifs is 1. The Hall–Kier alpha value is -1.58. The Morgan fingerprint density at radius 2 is 1.90 bits per heavy atom. The normalized spacial score (nSPS) is 19.1. The summed E-state index contributed by atoms with van der Waals surface area (Å²) in [4.78, 5) is 7.18. The van der Waals surface area contributed by atoms with Gasteiger partial charge >= 0.3 is 0 Å². The number of anilines is 1. The minimum atomic E-state index is 0.146. The molecule has 1 aromatic heterocycles. The Labute approximate surface area is 127 Å². The molecule has 1 aromatic rings. The van der Waals surface area contributed by atoms with Gasteiger partial charge in [-0.1, -0.05) is 25.7 Å². The van der Waals surface area contributed by atoms with Crippen molar-refractivity contribution >= 4 is 11.7 Å². The first-order valence-corrected chi connectivity index (χ1v) is 8.27. The quantitative estimate of drug-likeness (QED) is 0.510. The van der Waals surface area contributed by atoms with E-state index in [0.717, 1.165) is 24.2 Å². The van der Waals surface area contributed by atoms with Gasteiger partial charge in [-0.05, 0) is 43.7 Å². The fourth-order valence-corrected chi connectivity index (χ4v) is 3.75. The molecule has 0 saturated heterocycles. The highest BCUT2D eigenvalue weighted by Gasteiger charge is 2.24. The predicted molar refractivity (Wildman–Crippen MR) is 87.2 cm³/mol. The molecule has 2 aliphatic rings. The van der Waals surface area contributed by atoms with E-state index in [1.54, 1.807) is 0 Å². The van der Waals surface area contributed by atoms with Gasteiger partial charge in [0.25, 0.3) is 0 Å². The second kappa shape index (κ2) is 6.04. The minimum Gasteiger partial charge on any atom is -0.384 e. The van der Waals surface area contributed by atoms with Crippen molar-refractivity contribution in [2.24, 2.45) is 5.73 Å². The van der Waals surface area contributed by atoms with Crippen LogP contribution in [0.2, 0.25) is 0 Å². The van der Waals surface area contributed by atoms with E-state index in [-0.39, 0.29) is 5.84 Å². The Morgan fingerprint density at radius 3 is 2.57 bits per heavy atom. The lowest BCUT2D eigenvalue weighted by Gasteiger charge is -2.30. The minimum absolute atomic E-state index is 0.146. The average molecular weight is 286 g/mol. The van der Waals surface area contributed by atoms with Crippen molar-refractivity contribution in [3.05, 3.63) is 22.9 Å². The van der Waals surface area contributed by atoms with Crippen molar-refractivity contribution < 1.29 is 0 Å². The molecule has 1 heterocycles. The molecule has 0 aromatic carbocycles. The number of hydrogen-bond acceptors (Lipinski definition) is 3. The number of amidine groups is 1. The van der Waals surface area contributed by atoms with Crippen LogP contribution in [-0.2, 0) is 12.8 Å². The van der Waals surface area contributed by atoms with Crippen molar-refractivity contribution in [3.63, 3.8) is 0 Å². The van der Waals surface area contributed by atoms with E-state index in [1.807, 2.05) is 0 Å². The van der Waals surface area contributed by atoms with Crippen molar-refractivity contribution in [3.8, 4) is 0 Å². The second-order valence-corrected chi connectivity index (χ2v) is 6.49. The van der Waals surface area contributed by atoms with E-state index in [0.29, 0.717) is 6.04 Å². The summed E-state index contributed by atoms with van der Waals surface area (Å²) in [5, 5.41) is 7.90. The maximum atomic E-state index is 7.90. The van der Waals surface area contributed by atoms with Gasteiger partial charge in [0, 0.05) is 18.8 Å². The zero-order valence-corrected chi connectivity index (χ0v) is 13.0. The van der Waals surface area contributed by atoms with Gasteiger partial charge in [-0.2, -0.15) is 0 Å². The fourth-order valence-electron chi connectivity index (χ4n) is 3.75. The van der Waals surface area contributed by atoms with Crippen LogP contribution in [0.15, 0.2) is 6.07 Å². The highest BCUT2D eigenvalue weighted by molar-refractivity contribution is 6.00. The SMILES string of the molecule is CN(c1nc2c(cc1C(=N)N)CCC2)C1CCCCCC1. The molecule has 0 aliphatic heterocycles. The maximum Gasteiger partial charge on any atom is 0.139 e.